The number of hydrogen-bond acceptors (Lipinski definition) is 0. The first kappa shape index (κ1) is 15.2. The summed E-state index contributed by atoms with van der Waals surface area (Å²) in [5, 5.41) is 2.58. The van der Waals surface area contributed by atoms with E-state index in [0.29, 0.717) is 0 Å². The third kappa shape index (κ3) is 2.57. The predicted molar refractivity (Wildman–Crippen MR) is 107 cm³/mol. The number of fused-ring (bicyclic) bond motifs is 3. The highest BCUT2D eigenvalue weighted by Gasteiger charge is 2.14. The van der Waals surface area contributed by atoms with Gasteiger partial charge >= 0.3 is 0 Å². The minimum atomic E-state index is 0.286. The molecule has 0 fully saturated rings. The first-order valence-electron chi connectivity index (χ1n) is 8.12. The van der Waals surface area contributed by atoms with Gasteiger partial charge in [0.05, 0.1) is 0 Å². The normalized spacial score (nSPS) is 12.5. The zero-order valence-corrected chi connectivity index (χ0v) is 14.9. The van der Waals surface area contributed by atoms with Crippen molar-refractivity contribution in [1.29, 1.82) is 0 Å². The third-order valence-electron chi connectivity index (χ3n) is 4.63. The van der Waals surface area contributed by atoms with Crippen molar-refractivity contribution in [1.82, 2.24) is 4.57 Å². The lowest BCUT2D eigenvalue weighted by atomic mass is 9.99. The topological polar surface area (TPSA) is 4.93 Å². The molecule has 1 heterocycles. The van der Waals surface area contributed by atoms with Crippen LogP contribution in [-0.2, 0) is 6.54 Å². The number of rotatable bonds is 4. The lowest BCUT2D eigenvalue weighted by Crippen LogP contribution is -2.07. The van der Waals surface area contributed by atoms with Gasteiger partial charge in [0.15, 0.2) is 0 Å². The molecular weight excluding hydrogens is 358 g/mol. The maximum absolute atomic E-state index is 4.07. The largest absolute Gasteiger partial charge is 0.340 e. The molecule has 0 saturated heterocycles. The highest BCUT2D eigenvalue weighted by molar-refractivity contribution is 9.10. The Morgan fingerprint density at radius 3 is 2.38 bits per heavy atom. The van der Waals surface area contributed by atoms with Gasteiger partial charge in [-0.3, -0.25) is 0 Å². The van der Waals surface area contributed by atoms with Gasteiger partial charge in [0, 0.05) is 38.7 Å². The highest BCUT2D eigenvalue weighted by atomic mass is 79.9. The summed E-state index contributed by atoms with van der Waals surface area (Å²) >= 11 is 3.60. The summed E-state index contributed by atoms with van der Waals surface area (Å²) in [6.07, 6.45) is 2.05. The summed E-state index contributed by atoms with van der Waals surface area (Å²) in [7, 11) is 0. The molecule has 0 aliphatic rings. The van der Waals surface area contributed by atoms with Crippen LogP contribution in [0.5, 0.6) is 0 Å². The van der Waals surface area contributed by atoms with Crippen LogP contribution in [0, 0.1) is 0 Å². The lowest BCUT2D eigenvalue weighted by Gasteiger charge is -2.16. The van der Waals surface area contributed by atoms with E-state index in [4.69, 9.17) is 0 Å². The van der Waals surface area contributed by atoms with Gasteiger partial charge in [-0.1, -0.05) is 70.5 Å². The van der Waals surface area contributed by atoms with Crippen LogP contribution in [0.1, 0.15) is 11.5 Å². The van der Waals surface area contributed by atoms with Crippen molar-refractivity contribution in [2.45, 2.75) is 12.5 Å². The maximum Gasteiger partial charge on any atom is 0.0492 e. The molecular formula is C22H18BrN. The lowest BCUT2D eigenvalue weighted by molar-refractivity contribution is 0.676. The molecule has 0 unspecified atom stereocenters. The molecule has 2 heteroatoms. The second kappa shape index (κ2) is 6.29. The summed E-state index contributed by atoms with van der Waals surface area (Å²) in [6.45, 7) is 4.96. The number of halogens is 1. The van der Waals surface area contributed by atoms with Crippen molar-refractivity contribution in [3.63, 3.8) is 0 Å². The van der Waals surface area contributed by atoms with Crippen LogP contribution >= 0.6 is 15.9 Å². The number of nitrogens with zero attached hydrogens (tertiary/aromatic N) is 1. The highest BCUT2D eigenvalue weighted by Crippen LogP contribution is 2.33. The molecule has 0 radical (unpaired) electrons. The number of allylic oxidation sites excluding steroid dienone is 1. The van der Waals surface area contributed by atoms with E-state index >= 15 is 0 Å². The SMILES string of the molecule is C=C[C@H](Cn1c2ccccc2c2cc(Br)ccc21)c1ccccc1. The van der Waals surface area contributed by atoms with Gasteiger partial charge < -0.3 is 4.57 Å². The van der Waals surface area contributed by atoms with Gasteiger partial charge in [-0.2, -0.15) is 0 Å². The smallest absolute Gasteiger partial charge is 0.0492 e. The molecule has 1 aromatic heterocycles. The summed E-state index contributed by atoms with van der Waals surface area (Å²) < 4.78 is 3.53. The molecule has 0 bridgehead atoms. The van der Waals surface area contributed by atoms with Gasteiger partial charge in [0.25, 0.3) is 0 Å². The van der Waals surface area contributed by atoms with E-state index in [2.05, 4.69) is 106 Å². The van der Waals surface area contributed by atoms with Gasteiger partial charge in [0.2, 0.25) is 0 Å². The van der Waals surface area contributed by atoms with Crippen LogP contribution < -0.4 is 0 Å². The van der Waals surface area contributed by atoms with E-state index in [-0.39, 0.29) is 5.92 Å². The van der Waals surface area contributed by atoms with E-state index < -0.39 is 0 Å². The minimum Gasteiger partial charge on any atom is -0.340 e. The fourth-order valence-corrected chi connectivity index (χ4v) is 3.80. The molecule has 0 spiro atoms. The zero-order valence-electron chi connectivity index (χ0n) is 13.3. The Kier molecular flexibility index (Phi) is 3.99. The minimum absolute atomic E-state index is 0.286. The van der Waals surface area contributed by atoms with Crippen molar-refractivity contribution in [3.05, 3.63) is 95.5 Å². The van der Waals surface area contributed by atoms with Crippen LogP contribution in [-0.4, -0.2) is 4.57 Å². The third-order valence-corrected chi connectivity index (χ3v) is 5.12. The van der Waals surface area contributed by atoms with Gasteiger partial charge in [-0.05, 0) is 29.8 Å². The van der Waals surface area contributed by atoms with Crippen LogP contribution in [0.15, 0.2) is 89.9 Å². The van der Waals surface area contributed by atoms with Crippen LogP contribution in [0.2, 0.25) is 0 Å². The van der Waals surface area contributed by atoms with Crippen molar-refractivity contribution in [2.24, 2.45) is 0 Å². The number of benzene rings is 3. The molecule has 1 atom stereocenters. The Bertz CT molecular complexity index is 1010. The molecule has 0 aliphatic carbocycles. The van der Waals surface area contributed by atoms with E-state index in [1.807, 2.05) is 0 Å². The maximum atomic E-state index is 4.07. The monoisotopic (exact) mass is 375 g/mol. The predicted octanol–water partition coefficient (Wildman–Crippen LogP) is 6.53. The Morgan fingerprint density at radius 1 is 0.875 bits per heavy atom. The Morgan fingerprint density at radius 2 is 1.58 bits per heavy atom. The number of hydrogen-bond donors (Lipinski definition) is 0. The first-order chi connectivity index (χ1) is 11.8. The fraction of sp³-hybridized carbons (Fsp3) is 0.0909. The molecule has 0 amide bonds. The van der Waals surface area contributed by atoms with Crippen molar-refractivity contribution in [2.75, 3.05) is 0 Å². The first-order valence-corrected chi connectivity index (χ1v) is 8.91. The molecule has 0 saturated carbocycles. The molecule has 0 N–H and O–H groups in total. The number of aromatic nitrogens is 1. The van der Waals surface area contributed by atoms with Crippen molar-refractivity contribution < 1.29 is 0 Å². The molecule has 4 aromatic rings. The van der Waals surface area contributed by atoms with Crippen molar-refractivity contribution >= 4 is 37.7 Å². The second-order valence-corrected chi connectivity index (χ2v) is 6.96. The van der Waals surface area contributed by atoms with Crippen molar-refractivity contribution in [3.8, 4) is 0 Å². The van der Waals surface area contributed by atoms with E-state index in [9.17, 15) is 0 Å². The summed E-state index contributed by atoms with van der Waals surface area (Å²) in [5.74, 6) is 0.286. The summed E-state index contributed by atoms with van der Waals surface area (Å²) in [5.41, 5.74) is 3.84. The van der Waals surface area contributed by atoms with Gasteiger partial charge in [-0.25, -0.2) is 0 Å². The molecule has 1 nitrogen and oxygen atoms in total. The Hall–Kier alpha value is -2.32. The summed E-state index contributed by atoms with van der Waals surface area (Å²) in [4.78, 5) is 0. The van der Waals surface area contributed by atoms with Crippen LogP contribution in [0.25, 0.3) is 21.8 Å². The van der Waals surface area contributed by atoms with E-state index in [1.54, 1.807) is 0 Å². The second-order valence-electron chi connectivity index (χ2n) is 6.04. The zero-order chi connectivity index (χ0) is 16.5. The van der Waals surface area contributed by atoms with E-state index in [1.165, 1.54) is 27.4 Å². The standard InChI is InChI=1S/C22H18BrN/c1-2-16(17-8-4-3-5-9-17)15-24-21-11-7-6-10-19(21)20-14-18(23)12-13-22(20)24/h2-14,16H,1,15H2/t16-/m1/s1. The number of para-hydroxylation sites is 1. The fourth-order valence-electron chi connectivity index (χ4n) is 3.44. The van der Waals surface area contributed by atoms with Crippen LogP contribution in [0.4, 0.5) is 0 Å². The quantitative estimate of drug-likeness (QED) is 0.357. The summed E-state index contributed by atoms with van der Waals surface area (Å²) in [6, 6.07) is 25.7. The van der Waals surface area contributed by atoms with E-state index in [0.717, 1.165) is 11.0 Å². The molecule has 118 valence electrons. The molecule has 0 aliphatic heterocycles. The average molecular weight is 376 g/mol. The van der Waals surface area contributed by atoms with Crippen LogP contribution in [0.3, 0.4) is 0 Å². The Labute approximate surface area is 150 Å². The van der Waals surface area contributed by atoms with Gasteiger partial charge in [-0.15, -0.1) is 6.58 Å². The molecule has 3 aromatic carbocycles. The van der Waals surface area contributed by atoms with Gasteiger partial charge in [0.1, 0.15) is 0 Å². The molecule has 24 heavy (non-hydrogen) atoms. The Balaban J connectivity index is 1.90. The average Bonchev–Trinajstić information content (AvgIpc) is 2.93. The molecule has 4 rings (SSSR count).